The van der Waals surface area contributed by atoms with Gasteiger partial charge in [0.05, 0.1) is 39.5 Å². The van der Waals surface area contributed by atoms with Crippen molar-refractivity contribution in [3.05, 3.63) is 71.0 Å². The van der Waals surface area contributed by atoms with Gasteiger partial charge in [0.2, 0.25) is 5.75 Å². The van der Waals surface area contributed by atoms with Crippen LogP contribution in [0.1, 0.15) is 44.9 Å². The molecule has 3 aromatic heterocycles. The molecule has 0 amide bonds. The fraction of sp³-hybridized carbons (Fsp3) is 0.267. The molecule has 0 aliphatic heterocycles. The first kappa shape index (κ1) is 23.9. The van der Waals surface area contributed by atoms with E-state index in [1.54, 1.807) is 21.3 Å². The number of ketones is 1. The van der Waals surface area contributed by atoms with Crippen molar-refractivity contribution >= 4 is 39.1 Å². The molecule has 3 heterocycles. The molecule has 0 spiro atoms. The first-order chi connectivity index (χ1) is 18.5. The molecular formula is C30H28N2O6. The summed E-state index contributed by atoms with van der Waals surface area (Å²) >= 11 is 0. The van der Waals surface area contributed by atoms with Crippen LogP contribution in [0.2, 0.25) is 0 Å². The molecule has 8 heteroatoms. The Kier molecular flexibility index (Phi) is 5.75. The molecule has 5 aromatic rings. The molecule has 38 heavy (non-hydrogen) atoms. The summed E-state index contributed by atoms with van der Waals surface area (Å²) in [6.07, 6.45) is 1.98. The molecule has 6 rings (SSSR count). The van der Waals surface area contributed by atoms with E-state index < -0.39 is 5.97 Å². The molecule has 1 aliphatic carbocycles. The van der Waals surface area contributed by atoms with E-state index in [1.165, 1.54) is 7.11 Å². The number of Topliss-reactive ketones (excluding diaryl/α,β-unsaturated/α-hetero) is 1. The predicted molar refractivity (Wildman–Crippen MR) is 144 cm³/mol. The van der Waals surface area contributed by atoms with Crippen molar-refractivity contribution in [3.63, 3.8) is 0 Å². The van der Waals surface area contributed by atoms with Crippen LogP contribution in [0.15, 0.2) is 48.5 Å². The lowest BCUT2D eigenvalue weighted by atomic mass is 9.97. The number of benzene rings is 2. The van der Waals surface area contributed by atoms with Crippen LogP contribution in [0.3, 0.4) is 0 Å². The molecule has 0 fully saturated rings. The lowest BCUT2D eigenvalue weighted by molar-refractivity contribution is 0.0591. The van der Waals surface area contributed by atoms with Gasteiger partial charge in [-0.2, -0.15) is 0 Å². The highest BCUT2D eigenvalue weighted by molar-refractivity contribution is 6.16. The van der Waals surface area contributed by atoms with Crippen molar-refractivity contribution in [2.75, 3.05) is 28.4 Å². The number of hydrogen-bond donors (Lipinski definition) is 0. The van der Waals surface area contributed by atoms with Gasteiger partial charge in [0, 0.05) is 40.5 Å². The molecule has 194 valence electrons. The van der Waals surface area contributed by atoms with Crippen molar-refractivity contribution in [1.29, 1.82) is 0 Å². The number of hydrogen-bond acceptors (Lipinski definition) is 6. The van der Waals surface area contributed by atoms with E-state index in [0.717, 1.165) is 51.4 Å². The zero-order chi connectivity index (χ0) is 26.6. The van der Waals surface area contributed by atoms with E-state index in [4.69, 9.17) is 18.9 Å². The minimum absolute atomic E-state index is 0.103. The van der Waals surface area contributed by atoms with Gasteiger partial charge in [-0.1, -0.05) is 18.2 Å². The maximum atomic E-state index is 13.0. The van der Waals surface area contributed by atoms with Crippen LogP contribution in [0.25, 0.3) is 27.3 Å². The van der Waals surface area contributed by atoms with Crippen molar-refractivity contribution in [2.24, 2.45) is 0 Å². The molecule has 1 aliphatic rings. The quantitative estimate of drug-likeness (QED) is 0.283. The zero-order valence-corrected chi connectivity index (χ0v) is 21.8. The normalized spacial score (nSPS) is 13.2. The first-order valence-electron chi connectivity index (χ1n) is 12.5. The van der Waals surface area contributed by atoms with Crippen LogP contribution in [0.4, 0.5) is 0 Å². The molecule has 0 bridgehead atoms. The van der Waals surface area contributed by atoms with Crippen LogP contribution in [0.5, 0.6) is 17.2 Å². The van der Waals surface area contributed by atoms with Crippen LogP contribution in [-0.2, 0) is 17.7 Å². The Bertz CT molecular complexity index is 1730. The summed E-state index contributed by atoms with van der Waals surface area (Å²) in [7, 11) is 6.16. The number of pyridine rings is 1. The van der Waals surface area contributed by atoms with Crippen LogP contribution in [-0.4, -0.2) is 49.2 Å². The first-order valence-corrected chi connectivity index (χ1v) is 12.5. The second-order valence-corrected chi connectivity index (χ2v) is 9.42. The largest absolute Gasteiger partial charge is 0.493 e. The molecule has 0 saturated carbocycles. The molecule has 0 unspecified atom stereocenters. The zero-order valence-electron chi connectivity index (χ0n) is 21.8. The van der Waals surface area contributed by atoms with Gasteiger partial charge in [-0.25, -0.2) is 4.79 Å². The average Bonchev–Trinajstić information content (AvgIpc) is 3.49. The number of rotatable bonds is 6. The third-order valence-electron chi connectivity index (χ3n) is 7.45. The van der Waals surface area contributed by atoms with Crippen molar-refractivity contribution in [2.45, 2.75) is 25.8 Å². The van der Waals surface area contributed by atoms with Gasteiger partial charge in [-0.3, -0.25) is 4.79 Å². The maximum Gasteiger partial charge on any atom is 0.355 e. The smallest absolute Gasteiger partial charge is 0.355 e. The Labute approximate surface area is 219 Å². The number of aromatic nitrogens is 2. The second kappa shape index (κ2) is 9.13. The van der Waals surface area contributed by atoms with Gasteiger partial charge in [0.15, 0.2) is 17.3 Å². The highest BCUT2D eigenvalue weighted by Gasteiger charge is 2.28. The maximum absolute atomic E-state index is 13.0. The monoisotopic (exact) mass is 512 g/mol. The van der Waals surface area contributed by atoms with Crippen molar-refractivity contribution in [3.8, 4) is 17.2 Å². The third kappa shape index (κ3) is 3.44. The summed E-state index contributed by atoms with van der Waals surface area (Å²) in [5.41, 5.74) is 5.67. The molecule has 0 saturated heterocycles. The SMILES string of the molecule is COC(=O)c1cc2c3ccccc3n(Cc3cc(OC)c(OC)c(OC)c3)c2c2cc3c(n12)CCCC3=O. The molecule has 8 nitrogen and oxygen atoms in total. The number of para-hydroxylation sites is 1. The number of ether oxygens (including phenoxy) is 4. The van der Waals surface area contributed by atoms with E-state index in [9.17, 15) is 9.59 Å². The minimum atomic E-state index is -0.435. The number of nitrogens with zero attached hydrogens (tertiary/aromatic N) is 2. The van der Waals surface area contributed by atoms with Gasteiger partial charge >= 0.3 is 5.97 Å². The molecule has 2 aromatic carbocycles. The lowest BCUT2D eigenvalue weighted by Crippen LogP contribution is -2.15. The van der Waals surface area contributed by atoms with Crippen molar-refractivity contribution in [1.82, 2.24) is 8.97 Å². The summed E-state index contributed by atoms with van der Waals surface area (Å²) in [4.78, 5) is 25.9. The summed E-state index contributed by atoms with van der Waals surface area (Å²) < 4.78 is 26.0. The highest BCUT2D eigenvalue weighted by Crippen LogP contribution is 2.41. The molecular weight excluding hydrogens is 484 g/mol. The summed E-state index contributed by atoms with van der Waals surface area (Å²) in [6, 6.07) is 15.8. The second-order valence-electron chi connectivity index (χ2n) is 9.42. The Balaban J connectivity index is 1.70. The van der Waals surface area contributed by atoms with Gasteiger partial charge < -0.3 is 27.9 Å². The number of aryl methyl sites for hydroxylation is 1. The summed E-state index contributed by atoms with van der Waals surface area (Å²) in [6.45, 7) is 0.498. The van der Waals surface area contributed by atoms with Gasteiger partial charge in [-0.15, -0.1) is 0 Å². The number of carbonyl (C=O) groups excluding carboxylic acids is 2. The Morgan fingerprint density at radius 3 is 2.29 bits per heavy atom. The predicted octanol–water partition coefficient (Wildman–Crippen LogP) is 5.43. The standard InChI is InChI=1S/C30H28N2O6/c1-35-26-12-17(13-27(36-2)29(26)37-3)16-31-21-9-6-5-8-18(21)19-14-24(30(34)38-4)32-22-10-7-11-25(33)20(22)15-23(32)28(19)31/h5-6,8-9,12-15H,7,10-11,16H2,1-4H3. The summed E-state index contributed by atoms with van der Waals surface area (Å²) in [5.74, 6) is 1.35. The Hall–Kier alpha value is -4.46. The molecule has 0 atom stereocenters. The van der Waals surface area contributed by atoms with E-state index in [0.29, 0.717) is 41.5 Å². The number of carbonyl (C=O) groups is 2. The van der Waals surface area contributed by atoms with Gasteiger partial charge in [-0.05, 0) is 48.7 Å². The fourth-order valence-corrected chi connectivity index (χ4v) is 5.82. The average molecular weight is 513 g/mol. The summed E-state index contributed by atoms with van der Waals surface area (Å²) in [5, 5.41) is 1.93. The van der Waals surface area contributed by atoms with Crippen molar-refractivity contribution < 1.29 is 28.5 Å². The van der Waals surface area contributed by atoms with E-state index >= 15 is 0 Å². The Morgan fingerprint density at radius 1 is 0.868 bits per heavy atom. The van der Waals surface area contributed by atoms with Gasteiger partial charge in [0.1, 0.15) is 5.69 Å². The van der Waals surface area contributed by atoms with Crippen LogP contribution < -0.4 is 14.2 Å². The van der Waals surface area contributed by atoms with E-state index in [1.807, 2.05) is 40.8 Å². The minimum Gasteiger partial charge on any atom is -0.493 e. The lowest BCUT2D eigenvalue weighted by Gasteiger charge is -2.16. The van der Waals surface area contributed by atoms with E-state index in [-0.39, 0.29) is 5.78 Å². The molecule has 0 N–H and O–H groups in total. The highest BCUT2D eigenvalue weighted by atomic mass is 16.5. The van der Waals surface area contributed by atoms with E-state index in [2.05, 4.69) is 16.7 Å². The number of fused-ring (bicyclic) bond motifs is 7. The number of methoxy groups -OCH3 is 4. The van der Waals surface area contributed by atoms with Crippen LogP contribution >= 0.6 is 0 Å². The Morgan fingerprint density at radius 2 is 1.61 bits per heavy atom. The van der Waals surface area contributed by atoms with Crippen LogP contribution in [0, 0.1) is 0 Å². The third-order valence-corrected chi connectivity index (χ3v) is 7.45. The topological polar surface area (TPSA) is 80.4 Å². The fourth-order valence-electron chi connectivity index (χ4n) is 5.82. The molecule has 0 radical (unpaired) electrons. The number of esters is 1. The van der Waals surface area contributed by atoms with Gasteiger partial charge in [0.25, 0.3) is 0 Å².